The summed E-state index contributed by atoms with van der Waals surface area (Å²) in [6.07, 6.45) is 2.72. The van der Waals surface area contributed by atoms with Crippen LogP contribution in [-0.2, 0) is 4.43 Å². The van der Waals surface area contributed by atoms with Gasteiger partial charge in [-0.25, -0.2) is 0 Å². The van der Waals surface area contributed by atoms with Crippen LogP contribution in [0.1, 0.15) is 41.0 Å². The Kier molecular flexibility index (Phi) is 5.94. The third kappa shape index (κ3) is 5.82. The predicted octanol–water partition coefficient (Wildman–Crippen LogP) is 3.72. The summed E-state index contributed by atoms with van der Waals surface area (Å²) in [6.45, 7) is 14.6. The second kappa shape index (κ2) is 5.99. The van der Waals surface area contributed by atoms with Crippen LogP contribution in [0.3, 0.4) is 0 Å². The van der Waals surface area contributed by atoms with Gasteiger partial charge in [-0.15, -0.1) is 0 Å². The summed E-state index contributed by atoms with van der Waals surface area (Å²) >= 11 is 0. The van der Waals surface area contributed by atoms with Crippen molar-refractivity contribution in [2.45, 2.75) is 71.9 Å². The van der Waals surface area contributed by atoms with Crippen LogP contribution in [-0.4, -0.2) is 25.1 Å². The number of aliphatic hydroxyl groups excluding tert-OH is 1. The molecule has 0 radical (unpaired) electrons. The van der Waals surface area contributed by atoms with Gasteiger partial charge in [0.1, 0.15) is 0 Å². The Morgan fingerprint density at radius 2 is 1.81 bits per heavy atom. The number of rotatable bonds is 0. The Bertz CT molecular complexity index is 240. The molecular formula is C13H28O2Si. The summed E-state index contributed by atoms with van der Waals surface area (Å²) in [5.41, 5.74) is 1.07. The maximum absolute atomic E-state index is 9.57. The van der Waals surface area contributed by atoms with E-state index >= 15 is 0 Å². The predicted molar refractivity (Wildman–Crippen MR) is 73.2 cm³/mol. The first-order valence-corrected chi connectivity index (χ1v) is 9.20. The maximum Gasteiger partial charge on any atom is 0.187 e. The monoisotopic (exact) mass is 244 g/mol. The van der Waals surface area contributed by atoms with Crippen LogP contribution >= 0.6 is 0 Å². The van der Waals surface area contributed by atoms with Crippen LogP contribution < -0.4 is 0 Å². The Morgan fingerprint density at radius 1 is 1.38 bits per heavy atom. The summed E-state index contributed by atoms with van der Waals surface area (Å²) in [4.78, 5) is 0. The zero-order chi connectivity index (χ0) is 13.0. The normalized spacial score (nSPS) is 26.4. The lowest BCUT2D eigenvalue weighted by Gasteiger charge is -2.43. The van der Waals surface area contributed by atoms with Gasteiger partial charge >= 0.3 is 0 Å². The highest BCUT2D eigenvalue weighted by atomic mass is 28.4. The molecule has 1 aliphatic rings. The van der Waals surface area contributed by atoms with Crippen molar-refractivity contribution in [3.05, 3.63) is 11.6 Å². The molecule has 3 heteroatoms. The zero-order valence-electron chi connectivity index (χ0n) is 11.9. The van der Waals surface area contributed by atoms with E-state index in [0.29, 0.717) is 0 Å². The molecule has 0 aliphatic carbocycles. The lowest BCUT2D eigenvalue weighted by Crippen LogP contribution is -2.52. The van der Waals surface area contributed by atoms with Crippen LogP contribution in [0.15, 0.2) is 11.6 Å². The molecule has 16 heavy (non-hydrogen) atoms. The van der Waals surface area contributed by atoms with Crippen molar-refractivity contribution in [1.82, 2.24) is 0 Å². The van der Waals surface area contributed by atoms with Crippen molar-refractivity contribution in [2.24, 2.45) is 0 Å². The van der Waals surface area contributed by atoms with Gasteiger partial charge in [-0.3, -0.25) is 0 Å². The van der Waals surface area contributed by atoms with E-state index in [-0.39, 0.29) is 11.7 Å². The smallest absolute Gasteiger partial charge is 0.187 e. The van der Waals surface area contributed by atoms with E-state index in [1.165, 1.54) is 5.57 Å². The lowest BCUT2D eigenvalue weighted by atomic mass is 10.00. The minimum absolute atomic E-state index is 0.275. The summed E-state index contributed by atoms with van der Waals surface area (Å²) < 4.78 is 5.86. The van der Waals surface area contributed by atoms with Gasteiger partial charge in [0.05, 0.1) is 11.7 Å². The molecule has 2 nitrogen and oxygen atoms in total. The first kappa shape index (κ1) is 15.9. The summed E-state index contributed by atoms with van der Waals surface area (Å²) in [6, 6.07) is 1.08. The van der Waals surface area contributed by atoms with E-state index in [1.807, 2.05) is 20.8 Å². The second-order valence-corrected chi connectivity index (χ2v) is 10.1. The van der Waals surface area contributed by atoms with Gasteiger partial charge in [0.15, 0.2) is 8.32 Å². The molecule has 1 saturated heterocycles. The largest absolute Gasteiger partial charge is 0.410 e. The molecule has 1 fully saturated rings. The van der Waals surface area contributed by atoms with Crippen LogP contribution in [0.2, 0.25) is 19.1 Å². The van der Waals surface area contributed by atoms with Crippen molar-refractivity contribution in [3.63, 3.8) is 0 Å². The van der Waals surface area contributed by atoms with Gasteiger partial charge in [-0.1, -0.05) is 11.6 Å². The molecule has 0 spiro atoms. The third-order valence-corrected chi connectivity index (χ3v) is 5.51. The molecule has 0 aromatic heterocycles. The molecule has 1 unspecified atom stereocenters. The molecule has 1 aliphatic heterocycles. The molecule has 1 heterocycles. The Balaban J connectivity index is 0.000000385. The summed E-state index contributed by atoms with van der Waals surface area (Å²) in [5, 5.41) is 9.57. The third-order valence-electron chi connectivity index (χ3n) is 2.94. The number of aliphatic hydroxyl groups is 1. The minimum Gasteiger partial charge on any atom is -0.410 e. The first-order valence-electron chi connectivity index (χ1n) is 6.08. The molecule has 0 bridgehead atoms. The summed E-state index contributed by atoms with van der Waals surface area (Å²) in [7, 11) is -1.43. The molecule has 0 amide bonds. The number of allylic oxidation sites excluding steroid dienone is 2. The molecule has 0 aromatic rings. The van der Waals surface area contributed by atoms with Crippen molar-refractivity contribution in [3.8, 4) is 0 Å². The molecule has 1 rings (SSSR count). The highest BCUT2D eigenvalue weighted by molar-refractivity contribution is 6.71. The highest BCUT2D eigenvalue weighted by Gasteiger charge is 2.41. The van der Waals surface area contributed by atoms with E-state index in [0.717, 1.165) is 12.5 Å². The van der Waals surface area contributed by atoms with E-state index < -0.39 is 8.32 Å². The van der Waals surface area contributed by atoms with Crippen LogP contribution in [0.5, 0.6) is 0 Å². The SMILES string of the molecule is CC1(C)O[Si](C)(C)CCC1O.CC=C(C)C. The fourth-order valence-electron chi connectivity index (χ4n) is 1.66. The van der Waals surface area contributed by atoms with Crippen LogP contribution in [0.25, 0.3) is 0 Å². The average molecular weight is 244 g/mol. The fraction of sp³-hybridized carbons (Fsp3) is 0.846. The van der Waals surface area contributed by atoms with E-state index in [1.54, 1.807) is 0 Å². The van der Waals surface area contributed by atoms with Gasteiger partial charge in [-0.2, -0.15) is 0 Å². The topological polar surface area (TPSA) is 29.5 Å². The number of hydrogen-bond donors (Lipinski definition) is 1. The minimum atomic E-state index is -1.43. The Morgan fingerprint density at radius 3 is 2.06 bits per heavy atom. The van der Waals surface area contributed by atoms with Gasteiger partial charge < -0.3 is 9.53 Å². The van der Waals surface area contributed by atoms with Crippen LogP contribution in [0.4, 0.5) is 0 Å². The first-order chi connectivity index (χ1) is 7.10. The Labute approximate surface area is 102 Å². The molecule has 1 N–H and O–H groups in total. The lowest BCUT2D eigenvalue weighted by molar-refractivity contribution is -0.0511. The fourth-order valence-corrected chi connectivity index (χ4v) is 4.29. The van der Waals surface area contributed by atoms with Gasteiger partial charge in [0.2, 0.25) is 0 Å². The molecule has 0 saturated carbocycles. The molecule has 96 valence electrons. The standard InChI is InChI=1S/C8H18O2Si.C5H10/c1-8(2)7(9)5-6-11(3,4)10-8;1-4-5(2)3/h7,9H,5-6H2,1-4H3;4H,1-3H3. The van der Waals surface area contributed by atoms with Crippen molar-refractivity contribution in [2.75, 3.05) is 0 Å². The van der Waals surface area contributed by atoms with Crippen molar-refractivity contribution in [1.29, 1.82) is 0 Å². The highest BCUT2D eigenvalue weighted by Crippen LogP contribution is 2.32. The van der Waals surface area contributed by atoms with Gasteiger partial charge in [0, 0.05) is 0 Å². The molecular weight excluding hydrogens is 216 g/mol. The average Bonchev–Trinajstić information content (AvgIpc) is 2.11. The van der Waals surface area contributed by atoms with E-state index in [4.69, 9.17) is 4.43 Å². The van der Waals surface area contributed by atoms with Crippen LogP contribution in [0, 0.1) is 0 Å². The zero-order valence-corrected chi connectivity index (χ0v) is 12.9. The van der Waals surface area contributed by atoms with E-state index in [2.05, 4.69) is 33.0 Å². The Hall–Kier alpha value is -0.123. The van der Waals surface area contributed by atoms with Crippen molar-refractivity contribution < 1.29 is 9.53 Å². The maximum atomic E-state index is 9.57. The molecule has 0 aromatic carbocycles. The van der Waals surface area contributed by atoms with Gasteiger partial charge in [0.25, 0.3) is 0 Å². The summed E-state index contributed by atoms with van der Waals surface area (Å²) in [5.74, 6) is 0. The quantitative estimate of drug-likeness (QED) is 0.520. The number of hydrogen-bond acceptors (Lipinski definition) is 2. The van der Waals surface area contributed by atoms with Crippen molar-refractivity contribution >= 4 is 8.32 Å². The van der Waals surface area contributed by atoms with E-state index in [9.17, 15) is 5.11 Å². The second-order valence-electron chi connectivity index (χ2n) is 5.89. The molecule has 1 atom stereocenters. The van der Waals surface area contributed by atoms with Gasteiger partial charge in [-0.05, 0) is 60.2 Å².